The molecule has 1 atom stereocenters. The Balaban J connectivity index is 1.41. The molecule has 1 unspecified atom stereocenters. The number of hydrogen-bond donors (Lipinski definition) is 3. The first-order valence-electron chi connectivity index (χ1n) is 11.5. The van der Waals surface area contributed by atoms with Gasteiger partial charge in [-0.05, 0) is 41.6 Å². The van der Waals surface area contributed by atoms with Gasteiger partial charge in [-0.2, -0.15) is 0 Å². The average Bonchev–Trinajstić information content (AvgIpc) is 3.41. The molecule has 3 N–H and O–H groups in total. The van der Waals surface area contributed by atoms with Crippen molar-refractivity contribution < 1.29 is 27.8 Å². The fourth-order valence-corrected chi connectivity index (χ4v) is 6.19. The van der Waals surface area contributed by atoms with Crippen LogP contribution in [0.5, 0.6) is 0 Å². The molecule has 1 aromatic heterocycles. The van der Waals surface area contributed by atoms with E-state index < -0.39 is 29.4 Å². The van der Waals surface area contributed by atoms with E-state index >= 15 is 0 Å². The number of halogens is 2. The molecular formula is C23H29F2N5O4S. The summed E-state index contributed by atoms with van der Waals surface area (Å²) >= 11 is 0. The molecule has 1 aliphatic carbocycles. The van der Waals surface area contributed by atoms with Gasteiger partial charge in [0.15, 0.2) is 0 Å². The minimum absolute atomic E-state index is 0.121. The lowest BCUT2D eigenvalue weighted by molar-refractivity contribution is -0.134. The second-order valence-corrected chi connectivity index (χ2v) is 11.2. The summed E-state index contributed by atoms with van der Waals surface area (Å²) < 4.78 is 51.3. The molecule has 3 aliphatic rings. The second kappa shape index (κ2) is 8.47. The van der Waals surface area contributed by atoms with Crippen molar-refractivity contribution in [1.29, 1.82) is 0 Å². The van der Waals surface area contributed by atoms with Crippen LogP contribution in [0, 0.1) is 12.8 Å². The molecular weight excluding hydrogens is 480 g/mol. The van der Waals surface area contributed by atoms with E-state index in [2.05, 4.69) is 4.90 Å². The summed E-state index contributed by atoms with van der Waals surface area (Å²) in [6, 6.07) is 9.26. The molecule has 1 saturated carbocycles. The Morgan fingerprint density at radius 2 is 1.83 bits per heavy atom. The Morgan fingerprint density at radius 1 is 1.14 bits per heavy atom. The van der Waals surface area contributed by atoms with E-state index in [4.69, 9.17) is 10.1 Å². The number of benzene rings is 1. The van der Waals surface area contributed by atoms with Crippen molar-refractivity contribution in [2.45, 2.75) is 19.3 Å². The number of carbonyl (C=O) groups excluding carboxylic acids is 1. The first-order chi connectivity index (χ1) is 16.5. The zero-order chi connectivity index (χ0) is 25.1. The van der Waals surface area contributed by atoms with E-state index in [1.807, 2.05) is 31.2 Å². The number of nitrogens with zero attached hydrogens (tertiary/aromatic N) is 5. The third-order valence-corrected chi connectivity index (χ3v) is 8.90. The van der Waals surface area contributed by atoms with Crippen molar-refractivity contribution >= 4 is 34.1 Å². The molecule has 0 bridgehead atoms. The molecule has 0 radical (unpaired) electrons. The minimum Gasteiger partial charge on any atom is -0.387 e. The number of anilines is 3. The van der Waals surface area contributed by atoms with Crippen molar-refractivity contribution in [3.05, 3.63) is 35.9 Å². The van der Waals surface area contributed by atoms with E-state index in [9.17, 15) is 22.7 Å². The Morgan fingerprint density at radius 3 is 2.46 bits per heavy atom. The summed E-state index contributed by atoms with van der Waals surface area (Å²) in [6.07, 6.45) is -0.242. The molecule has 9 nitrogen and oxygen atoms in total. The van der Waals surface area contributed by atoms with Gasteiger partial charge in [-0.3, -0.25) is 22.5 Å². The number of fused-ring (bicyclic) bond motifs is 1. The van der Waals surface area contributed by atoms with Crippen molar-refractivity contribution in [2.75, 3.05) is 59.9 Å². The van der Waals surface area contributed by atoms with Crippen molar-refractivity contribution in [2.24, 2.45) is 5.92 Å². The molecule has 2 aliphatic heterocycles. The Kier molecular flexibility index (Phi) is 5.82. The van der Waals surface area contributed by atoms with Crippen molar-refractivity contribution in [1.82, 2.24) is 9.88 Å². The van der Waals surface area contributed by atoms with Gasteiger partial charge in [0, 0.05) is 57.7 Å². The minimum atomic E-state index is -3.42. The first-order valence-corrected chi connectivity index (χ1v) is 12.9. The highest BCUT2D eigenvalue weighted by molar-refractivity contribution is 8.26. The number of amides is 1. The number of hydrogen-bond acceptors (Lipinski definition) is 8. The molecule has 1 aromatic carbocycles. The highest BCUT2D eigenvalue weighted by Crippen LogP contribution is 2.63. The second-order valence-electron chi connectivity index (χ2n) is 9.27. The topological polar surface area (TPSA) is 104 Å². The maximum atomic E-state index is 13.5. The third kappa shape index (κ3) is 4.18. The monoisotopic (exact) mass is 509 g/mol. The van der Waals surface area contributed by atoms with Crippen LogP contribution in [-0.2, 0) is 4.79 Å². The Bertz CT molecular complexity index is 1160. The zero-order valence-corrected chi connectivity index (χ0v) is 20.4. The molecule has 0 spiro atoms. The van der Waals surface area contributed by atoms with Crippen LogP contribution < -0.4 is 13.5 Å². The summed E-state index contributed by atoms with van der Waals surface area (Å²) in [6.45, 7) is 3.51. The molecule has 5 rings (SSSR count). The zero-order valence-electron chi connectivity index (χ0n) is 19.6. The Labute approximate surface area is 204 Å². The fraction of sp³-hybridized carbons (Fsp3) is 0.478. The number of pyridine rings is 1. The predicted molar refractivity (Wildman–Crippen MR) is 132 cm³/mol. The molecule has 2 aromatic rings. The van der Waals surface area contributed by atoms with E-state index in [1.165, 1.54) is 8.61 Å². The lowest BCUT2D eigenvalue weighted by Crippen LogP contribution is -2.49. The van der Waals surface area contributed by atoms with Crippen LogP contribution >= 0.6 is 11.0 Å². The van der Waals surface area contributed by atoms with Gasteiger partial charge >= 0.3 is 0 Å². The number of carbonyl (C=O) groups is 1. The third-order valence-electron chi connectivity index (χ3n) is 7.04. The number of piperazine rings is 1. The van der Waals surface area contributed by atoms with Crippen LogP contribution in [0.25, 0.3) is 11.3 Å². The Hall–Kier alpha value is -2.67. The van der Waals surface area contributed by atoms with E-state index in [-0.39, 0.29) is 18.9 Å². The van der Waals surface area contributed by atoms with Crippen LogP contribution in [0.2, 0.25) is 0 Å². The van der Waals surface area contributed by atoms with Crippen LogP contribution in [0.1, 0.15) is 12.0 Å². The van der Waals surface area contributed by atoms with Crippen LogP contribution in [0.15, 0.2) is 30.3 Å². The number of alkyl halides is 2. The SMILES string of the molecule is Cc1ccc(N2CCN(C(=O)CO)CC2)nc1-c1ccc2c(c1)N(C)S(O)(O)N2CC1CC1(F)F. The maximum Gasteiger partial charge on any atom is 0.253 e. The van der Waals surface area contributed by atoms with Gasteiger partial charge in [0.2, 0.25) is 5.91 Å². The van der Waals surface area contributed by atoms with Gasteiger partial charge in [-0.25, -0.2) is 13.8 Å². The number of rotatable bonds is 5. The highest BCUT2D eigenvalue weighted by Gasteiger charge is 2.59. The van der Waals surface area contributed by atoms with Gasteiger partial charge in [-0.15, -0.1) is 0 Å². The van der Waals surface area contributed by atoms with Gasteiger partial charge in [0.05, 0.1) is 17.1 Å². The normalized spacial score (nSPS) is 23.3. The van der Waals surface area contributed by atoms with Crippen molar-refractivity contribution in [3.8, 4) is 11.3 Å². The number of aryl methyl sites for hydroxylation is 1. The van der Waals surface area contributed by atoms with E-state index in [1.54, 1.807) is 18.0 Å². The van der Waals surface area contributed by atoms with Gasteiger partial charge in [0.1, 0.15) is 12.4 Å². The lowest BCUT2D eigenvalue weighted by atomic mass is 10.0. The first kappa shape index (κ1) is 24.0. The number of aliphatic hydroxyl groups excluding tert-OH is 1. The quantitative estimate of drug-likeness (QED) is 0.565. The predicted octanol–water partition coefficient (Wildman–Crippen LogP) is 3.19. The summed E-state index contributed by atoms with van der Waals surface area (Å²) in [5, 5.41) is 9.08. The van der Waals surface area contributed by atoms with Gasteiger partial charge in [0.25, 0.3) is 5.92 Å². The number of aromatic nitrogens is 1. The summed E-state index contributed by atoms with van der Waals surface area (Å²) in [5.41, 5.74) is 3.50. The van der Waals surface area contributed by atoms with Crippen LogP contribution in [0.3, 0.4) is 0 Å². The van der Waals surface area contributed by atoms with Crippen LogP contribution in [-0.4, -0.2) is 82.3 Å². The average molecular weight is 510 g/mol. The molecule has 2 fully saturated rings. The van der Waals surface area contributed by atoms with E-state index in [0.29, 0.717) is 37.6 Å². The lowest BCUT2D eigenvalue weighted by Gasteiger charge is -2.42. The molecule has 12 heteroatoms. The van der Waals surface area contributed by atoms with E-state index in [0.717, 1.165) is 22.6 Å². The maximum absolute atomic E-state index is 13.5. The molecule has 35 heavy (non-hydrogen) atoms. The fourth-order valence-electron chi connectivity index (χ4n) is 4.68. The summed E-state index contributed by atoms with van der Waals surface area (Å²) in [4.78, 5) is 20.3. The molecule has 3 heterocycles. The smallest absolute Gasteiger partial charge is 0.253 e. The highest BCUT2D eigenvalue weighted by atomic mass is 32.3. The standard InChI is InChI=1S/C23H29F2N5O4S/c1-15-3-6-20(28-7-9-29(10-8-28)21(32)14-31)26-22(15)16-4-5-18-19(11-16)27(2)35(33,34)30(18)13-17-12-23(17,24)25/h3-6,11,17,31,33-34H,7-10,12-14H2,1-2H3. The molecule has 1 amide bonds. The van der Waals surface area contributed by atoms with Crippen LogP contribution in [0.4, 0.5) is 26.0 Å². The van der Waals surface area contributed by atoms with Crippen molar-refractivity contribution in [3.63, 3.8) is 0 Å². The summed E-state index contributed by atoms with van der Waals surface area (Å²) in [5.74, 6) is -3.16. The largest absolute Gasteiger partial charge is 0.387 e. The van der Waals surface area contributed by atoms with Gasteiger partial charge < -0.3 is 14.9 Å². The molecule has 1 saturated heterocycles. The van der Waals surface area contributed by atoms with Gasteiger partial charge in [-0.1, -0.05) is 12.1 Å². The number of aliphatic hydroxyl groups is 1. The molecule has 190 valence electrons. The summed E-state index contributed by atoms with van der Waals surface area (Å²) in [7, 11) is -1.88.